The van der Waals surface area contributed by atoms with E-state index in [0.717, 1.165) is 25.1 Å². The molecule has 1 aromatic heterocycles. The molecule has 6 nitrogen and oxygen atoms in total. The number of anilines is 3. The van der Waals surface area contributed by atoms with Crippen LogP contribution in [0.15, 0.2) is 29.3 Å². The minimum absolute atomic E-state index is 0.184. The fourth-order valence-electron chi connectivity index (χ4n) is 2.35. The van der Waals surface area contributed by atoms with Crippen LogP contribution < -0.4 is 20.9 Å². The molecule has 1 aliphatic rings. The Morgan fingerprint density at radius 3 is 3.15 bits per heavy atom. The highest BCUT2D eigenvalue weighted by molar-refractivity contribution is 5.66. The van der Waals surface area contributed by atoms with E-state index in [9.17, 15) is 4.79 Å². The number of H-pyrrole nitrogens is 1. The molecule has 0 spiro atoms. The summed E-state index contributed by atoms with van der Waals surface area (Å²) in [5.74, 6) is 0.600. The molecule has 0 atom stereocenters. The number of hydrogen-bond donors (Lipinski definition) is 3. The molecule has 0 aliphatic carbocycles. The number of hydrogen-bond acceptors (Lipinski definition) is 5. The van der Waals surface area contributed by atoms with Gasteiger partial charge in [-0.25, -0.2) is 4.98 Å². The molecule has 6 heteroatoms. The molecule has 0 saturated carbocycles. The van der Waals surface area contributed by atoms with Crippen LogP contribution in [-0.2, 0) is 6.42 Å². The van der Waals surface area contributed by atoms with Gasteiger partial charge in [-0.15, -0.1) is 0 Å². The van der Waals surface area contributed by atoms with Crippen LogP contribution in [0.25, 0.3) is 0 Å². The van der Waals surface area contributed by atoms with Crippen molar-refractivity contribution in [1.82, 2.24) is 9.97 Å². The number of aromatic nitrogens is 2. The zero-order valence-electron chi connectivity index (χ0n) is 11.2. The van der Waals surface area contributed by atoms with Crippen LogP contribution in [0.3, 0.4) is 0 Å². The number of nitrogens with zero attached hydrogens (tertiary/aromatic N) is 1. The summed E-state index contributed by atoms with van der Waals surface area (Å²) in [5, 5.41) is 6.49. The van der Waals surface area contributed by atoms with Gasteiger partial charge in [-0.2, -0.15) is 0 Å². The quantitative estimate of drug-likeness (QED) is 0.795. The standard InChI is InChI=1S/C14H16N4O2/c1-20-12-13(16-8-17-14(12)19)18-10-4-5-11-9(7-10)3-2-6-15-11/h4-5,7-8,15H,2-3,6H2,1H3,(H2,16,17,18,19). The minimum atomic E-state index is -0.301. The fourth-order valence-corrected chi connectivity index (χ4v) is 2.35. The van der Waals surface area contributed by atoms with Gasteiger partial charge in [0, 0.05) is 17.9 Å². The van der Waals surface area contributed by atoms with E-state index < -0.39 is 0 Å². The molecule has 0 fully saturated rings. The second-order valence-electron chi connectivity index (χ2n) is 4.64. The van der Waals surface area contributed by atoms with Crippen LogP contribution >= 0.6 is 0 Å². The van der Waals surface area contributed by atoms with Crippen LogP contribution in [0.5, 0.6) is 5.75 Å². The summed E-state index contributed by atoms with van der Waals surface area (Å²) in [6.45, 7) is 1.02. The Bertz CT molecular complexity index is 681. The van der Waals surface area contributed by atoms with Crippen LogP contribution in [-0.4, -0.2) is 23.6 Å². The van der Waals surface area contributed by atoms with Gasteiger partial charge in [0.15, 0.2) is 5.82 Å². The van der Waals surface area contributed by atoms with Crippen molar-refractivity contribution in [2.24, 2.45) is 0 Å². The van der Waals surface area contributed by atoms with Crippen molar-refractivity contribution in [3.05, 3.63) is 40.4 Å². The summed E-state index contributed by atoms with van der Waals surface area (Å²) in [6, 6.07) is 6.07. The Labute approximate surface area is 116 Å². The fraction of sp³-hybridized carbons (Fsp3) is 0.286. The average Bonchev–Trinajstić information content (AvgIpc) is 2.47. The SMILES string of the molecule is COc1c(Nc2ccc3c(c2)CCCN3)nc[nH]c1=O. The Hall–Kier alpha value is -2.50. The predicted molar refractivity (Wildman–Crippen MR) is 77.9 cm³/mol. The molecular weight excluding hydrogens is 256 g/mol. The number of aryl methyl sites for hydroxylation is 1. The van der Waals surface area contributed by atoms with Gasteiger partial charge in [-0.3, -0.25) is 4.79 Å². The Morgan fingerprint density at radius 1 is 1.40 bits per heavy atom. The summed E-state index contributed by atoms with van der Waals surface area (Å²) in [6.07, 6.45) is 3.54. The Balaban J connectivity index is 1.92. The van der Waals surface area contributed by atoms with Gasteiger partial charge >= 0.3 is 0 Å². The molecule has 20 heavy (non-hydrogen) atoms. The number of fused-ring (bicyclic) bond motifs is 1. The van der Waals surface area contributed by atoms with Gasteiger partial charge in [0.25, 0.3) is 5.56 Å². The summed E-state index contributed by atoms with van der Waals surface area (Å²) >= 11 is 0. The van der Waals surface area contributed by atoms with Crippen molar-refractivity contribution in [3.8, 4) is 5.75 Å². The van der Waals surface area contributed by atoms with E-state index in [1.165, 1.54) is 24.7 Å². The molecule has 1 aromatic carbocycles. The lowest BCUT2D eigenvalue weighted by molar-refractivity contribution is 0.408. The molecule has 0 saturated heterocycles. The monoisotopic (exact) mass is 272 g/mol. The van der Waals surface area contributed by atoms with Gasteiger partial charge in [-0.05, 0) is 36.6 Å². The summed E-state index contributed by atoms with van der Waals surface area (Å²) < 4.78 is 5.08. The van der Waals surface area contributed by atoms with E-state index in [2.05, 4.69) is 26.7 Å². The molecule has 0 bridgehead atoms. The van der Waals surface area contributed by atoms with E-state index in [1.54, 1.807) is 0 Å². The molecular formula is C14H16N4O2. The van der Waals surface area contributed by atoms with Gasteiger partial charge < -0.3 is 20.4 Å². The third-order valence-electron chi connectivity index (χ3n) is 3.32. The zero-order valence-corrected chi connectivity index (χ0v) is 11.2. The first-order valence-corrected chi connectivity index (χ1v) is 6.53. The van der Waals surface area contributed by atoms with Crippen molar-refractivity contribution >= 4 is 17.2 Å². The van der Waals surface area contributed by atoms with Crippen molar-refractivity contribution in [2.75, 3.05) is 24.3 Å². The summed E-state index contributed by atoms with van der Waals surface area (Å²) in [7, 11) is 1.45. The molecule has 3 rings (SSSR count). The smallest absolute Gasteiger partial charge is 0.295 e. The van der Waals surface area contributed by atoms with Crippen molar-refractivity contribution < 1.29 is 4.74 Å². The lowest BCUT2D eigenvalue weighted by Crippen LogP contribution is -2.13. The lowest BCUT2D eigenvalue weighted by Gasteiger charge is -2.19. The van der Waals surface area contributed by atoms with Crippen molar-refractivity contribution in [2.45, 2.75) is 12.8 Å². The van der Waals surface area contributed by atoms with Crippen LogP contribution in [0.4, 0.5) is 17.2 Å². The second-order valence-corrected chi connectivity index (χ2v) is 4.64. The highest BCUT2D eigenvalue weighted by atomic mass is 16.5. The number of ether oxygens (including phenoxy) is 1. The molecule has 104 valence electrons. The third kappa shape index (κ3) is 2.32. The first-order valence-electron chi connectivity index (χ1n) is 6.53. The first kappa shape index (κ1) is 12.5. The lowest BCUT2D eigenvalue weighted by atomic mass is 10.0. The molecule has 0 amide bonds. The van der Waals surface area contributed by atoms with E-state index in [4.69, 9.17) is 4.74 Å². The predicted octanol–water partition coefficient (Wildman–Crippen LogP) is 1.88. The molecule has 2 aromatic rings. The van der Waals surface area contributed by atoms with Crippen LogP contribution in [0.2, 0.25) is 0 Å². The number of aromatic amines is 1. The van der Waals surface area contributed by atoms with E-state index in [0.29, 0.717) is 5.82 Å². The van der Waals surface area contributed by atoms with Gasteiger partial charge in [0.05, 0.1) is 13.4 Å². The number of methoxy groups -OCH3 is 1. The number of benzene rings is 1. The van der Waals surface area contributed by atoms with Crippen molar-refractivity contribution in [1.29, 1.82) is 0 Å². The van der Waals surface area contributed by atoms with Crippen LogP contribution in [0, 0.1) is 0 Å². The first-order chi connectivity index (χ1) is 9.78. The van der Waals surface area contributed by atoms with E-state index >= 15 is 0 Å². The maximum Gasteiger partial charge on any atom is 0.295 e. The van der Waals surface area contributed by atoms with Gasteiger partial charge in [-0.1, -0.05) is 0 Å². The van der Waals surface area contributed by atoms with Gasteiger partial charge in [0.2, 0.25) is 5.75 Å². The number of rotatable bonds is 3. The second kappa shape index (κ2) is 5.24. The van der Waals surface area contributed by atoms with Crippen LogP contribution in [0.1, 0.15) is 12.0 Å². The third-order valence-corrected chi connectivity index (χ3v) is 3.32. The highest BCUT2D eigenvalue weighted by Gasteiger charge is 2.12. The Morgan fingerprint density at radius 2 is 2.30 bits per heavy atom. The van der Waals surface area contributed by atoms with Crippen molar-refractivity contribution in [3.63, 3.8) is 0 Å². The molecule has 0 radical (unpaired) electrons. The topological polar surface area (TPSA) is 79.0 Å². The minimum Gasteiger partial charge on any atom is -0.489 e. The van der Waals surface area contributed by atoms with Gasteiger partial charge in [0.1, 0.15) is 0 Å². The summed E-state index contributed by atoms with van der Waals surface area (Å²) in [4.78, 5) is 18.2. The summed E-state index contributed by atoms with van der Waals surface area (Å²) in [5.41, 5.74) is 3.03. The number of nitrogens with one attached hydrogen (secondary N) is 3. The maximum atomic E-state index is 11.6. The average molecular weight is 272 g/mol. The molecule has 3 N–H and O–H groups in total. The normalized spacial score (nSPS) is 13.2. The largest absolute Gasteiger partial charge is 0.489 e. The molecule has 0 unspecified atom stereocenters. The zero-order chi connectivity index (χ0) is 13.9. The van der Waals surface area contributed by atoms with E-state index in [-0.39, 0.29) is 11.3 Å². The van der Waals surface area contributed by atoms with E-state index in [1.807, 2.05) is 12.1 Å². The Kier molecular flexibility index (Phi) is 3.28. The molecule has 1 aliphatic heterocycles. The molecule has 2 heterocycles. The highest BCUT2D eigenvalue weighted by Crippen LogP contribution is 2.27. The maximum absolute atomic E-state index is 11.6.